The highest BCUT2D eigenvalue weighted by atomic mass is 19.1. The predicted molar refractivity (Wildman–Crippen MR) is 128 cm³/mol. The van der Waals surface area contributed by atoms with Gasteiger partial charge in [0.05, 0.1) is 5.56 Å². The van der Waals surface area contributed by atoms with Gasteiger partial charge in [0.1, 0.15) is 23.7 Å². The number of carbonyl (C=O) groups is 3. The number of halogens is 1. The first kappa shape index (κ1) is 25.9. The van der Waals surface area contributed by atoms with Gasteiger partial charge in [-0.2, -0.15) is 5.26 Å². The Kier molecular flexibility index (Phi) is 8.28. The number of anilines is 1. The number of nitrogens with zero attached hydrogens (tertiary/aromatic N) is 2. The second-order valence-corrected chi connectivity index (χ2v) is 9.21. The molecule has 3 rings (SSSR count). The van der Waals surface area contributed by atoms with Crippen molar-refractivity contribution in [1.82, 2.24) is 9.88 Å². The Bertz CT molecular complexity index is 1140. The normalized spacial score (nSPS) is 14.4. The number of esters is 1. The highest BCUT2D eigenvalue weighted by Gasteiger charge is 2.29. The maximum atomic E-state index is 13.1. The molecule has 1 atom stereocenters. The number of ether oxygens (including phenoxy) is 1. The van der Waals surface area contributed by atoms with Gasteiger partial charge in [-0.25, -0.2) is 9.18 Å². The van der Waals surface area contributed by atoms with E-state index < -0.39 is 36.2 Å². The zero-order valence-corrected chi connectivity index (χ0v) is 20.5. The van der Waals surface area contributed by atoms with Crippen LogP contribution in [-0.2, 0) is 14.3 Å². The van der Waals surface area contributed by atoms with E-state index in [0.29, 0.717) is 11.4 Å². The van der Waals surface area contributed by atoms with Crippen LogP contribution < -0.4 is 10.6 Å². The molecule has 0 radical (unpaired) electrons. The predicted octanol–water partition coefficient (Wildman–Crippen LogP) is 4.17. The van der Waals surface area contributed by atoms with Crippen molar-refractivity contribution in [1.29, 1.82) is 5.26 Å². The number of rotatable bonds is 8. The molecule has 0 saturated heterocycles. The molecule has 0 aliphatic heterocycles. The quantitative estimate of drug-likeness (QED) is 0.549. The first-order chi connectivity index (χ1) is 16.6. The van der Waals surface area contributed by atoms with Gasteiger partial charge in [0.25, 0.3) is 11.8 Å². The van der Waals surface area contributed by atoms with E-state index in [1.807, 2.05) is 18.4 Å². The lowest BCUT2D eigenvalue weighted by Crippen LogP contribution is -2.46. The molecule has 1 aliphatic rings. The van der Waals surface area contributed by atoms with Crippen LogP contribution >= 0.6 is 0 Å². The van der Waals surface area contributed by atoms with E-state index in [1.165, 1.54) is 12.1 Å². The van der Waals surface area contributed by atoms with Crippen molar-refractivity contribution in [3.05, 3.63) is 52.5 Å². The Morgan fingerprint density at radius 3 is 2.37 bits per heavy atom. The molecule has 0 unspecified atom stereocenters. The summed E-state index contributed by atoms with van der Waals surface area (Å²) >= 11 is 0. The lowest BCUT2D eigenvalue weighted by atomic mass is 10.0. The monoisotopic (exact) mass is 482 g/mol. The Balaban J connectivity index is 1.67. The van der Waals surface area contributed by atoms with Gasteiger partial charge in [0, 0.05) is 17.3 Å². The minimum Gasteiger partial charge on any atom is -0.454 e. The maximum Gasteiger partial charge on any atom is 0.329 e. The van der Waals surface area contributed by atoms with Crippen LogP contribution in [0.5, 0.6) is 0 Å². The highest BCUT2D eigenvalue weighted by Crippen LogP contribution is 2.37. The third-order valence-corrected chi connectivity index (χ3v) is 6.48. The fourth-order valence-corrected chi connectivity index (χ4v) is 4.42. The summed E-state index contributed by atoms with van der Waals surface area (Å²) in [5, 5.41) is 15.0. The number of hydrogen-bond acceptors (Lipinski definition) is 5. The summed E-state index contributed by atoms with van der Waals surface area (Å²) in [6, 6.07) is 6.33. The van der Waals surface area contributed by atoms with Gasteiger partial charge >= 0.3 is 5.97 Å². The topological polar surface area (TPSA) is 113 Å². The van der Waals surface area contributed by atoms with Crippen LogP contribution in [0.25, 0.3) is 0 Å². The summed E-state index contributed by atoms with van der Waals surface area (Å²) in [7, 11) is 0. The van der Waals surface area contributed by atoms with Crippen LogP contribution in [0.2, 0.25) is 0 Å². The van der Waals surface area contributed by atoms with E-state index in [9.17, 15) is 24.0 Å². The maximum absolute atomic E-state index is 13.1. The molecule has 1 fully saturated rings. The van der Waals surface area contributed by atoms with E-state index in [1.54, 1.807) is 13.8 Å². The van der Waals surface area contributed by atoms with Crippen LogP contribution in [0.4, 0.5) is 10.2 Å². The minimum absolute atomic E-state index is 0.199. The summed E-state index contributed by atoms with van der Waals surface area (Å²) in [4.78, 5) is 37.9. The fourth-order valence-electron chi connectivity index (χ4n) is 4.42. The average Bonchev–Trinajstić information content (AvgIpc) is 3.42. The Labute approximate surface area is 204 Å². The van der Waals surface area contributed by atoms with Gasteiger partial charge in [-0.3, -0.25) is 9.59 Å². The molecular formula is C26H31FN4O4. The largest absolute Gasteiger partial charge is 0.454 e. The number of carbonyl (C=O) groups excluding carboxylic acids is 3. The van der Waals surface area contributed by atoms with Crippen molar-refractivity contribution in [3.63, 3.8) is 0 Å². The van der Waals surface area contributed by atoms with Gasteiger partial charge in [-0.15, -0.1) is 0 Å². The number of nitriles is 1. The molecule has 1 aromatic carbocycles. The van der Waals surface area contributed by atoms with Gasteiger partial charge in [-0.1, -0.05) is 26.7 Å². The summed E-state index contributed by atoms with van der Waals surface area (Å²) in [6.45, 7) is 6.69. The second kappa shape index (κ2) is 11.2. The van der Waals surface area contributed by atoms with Crippen molar-refractivity contribution in [2.75, 3.05) is 11.9 Å². The molecule has 35 heavy (non-hydrogen) atoms. The molecule has 1 heterocycles. The van der Waals surface area contributed by atoms with Gasteiger partial charge in [-0.05, 0) is 62.4 Å². The van der Waals surface area contributed by atoms with Crippen LogP contribution in [-0.4, -0.2) is 35.0 Å². The smallest absolute Gasteiger partial charge is 0.329 e. The SMILES string of the molecule is Cc1c(C#N)c(NC(=O)COC(=O)[C@H](NC(=O)c2ccc(F)cc2)C(C)C)n(C2CCCC2)c1C. The Morgan fingerprint density at radius 2 is 1.80 bits per heavy atom. The first-order valence-corrected chi connectivity index (χ1v) is 11.8. The summed E-state index contributed by atoms with van der Waals surface area (Å²) in [5.74, 6) is -2.24. The molecule has 2 aromatic rings. The first-order valence-electron chi connectivity index (χ1n) is 11.8. The van der Waals surface area contributed by atoms with Crippen molar-refractivity contribution < 1.29 is 23.5 Å². The highest BCUT2D eigenvalue weighted by molar-refractivity contribution is 5.97. The third-order valence-electron chi connectivity index (χ3n) is 6.48. The van der Waals surface area contributed by atoms with Crippen molar-refractivity contribution in [2.24, 2.45) is 5.92 Å². The van der Waals surface area contributed by atoms with Crippen molar-refractivity contribution in [3.8, 4) is 6.07 Å². The minimum atomic E-state index is -0.998. The molecule has 1 saturated carbocycles. The molecule has 2 amide bonds. The zero-order chi connectivity index (χ0) is 25.7. The van der Waals surface area contributed by atoms with E-state index in [4.69, 9.17) is 4.74 Å². The standard InChI is InChI=1S/C26H31FN4O4/c1-15(2)23(30-25(33)18-9-11-19(27)12-10-18)26(34)35-14-22(32)29-24-21(13-28)16(3)17(4)31(24)20-7-5-6-8-20/h9-12,15,20,23H,5-8,14H2,1-4H3,(H,29,32)(H,30,33)/t23-/m1/s1. The van der Waals surface area contributed by atoms with Crippen LogP contribution in [0, 0.1) is 36.9 Å². The van der Waals surface area contributed by atoms with E-state index in [-0.39, 0.29) is 17.5 Å². The fraction of sp³-hybridized carbons (Fsp3) is 0.462. The summed E-state index contributed by atoms with van der Waals surface area (Å²) in [5.41, 5.74) is 2.35. The lowest BCUT2D eigenvalue weighted by molar-refractivity contribution is -0.150. The average molecular weight is 483 g/mol. The number of nitrogens with one attached hydrogen (secondary N) is 2. The molecule has 186 valence electrons. The molecular weight excluding hydrogens is 451 g/mol. The van der Waals surface area contributed by atoms with Gasteiger partial charge in [0.2, 0.25) is 0 Å². The molecule has 0 bridgehead atoms. The van der Waals surface area contributed by atoms with Gasteiger partial charge in [0.15, 0.2) is 6.61 Å². The lowest BCUT2D eigenvalue weighted by Gasteiger charge is -2.21. The van der Waals surface area contributed by atoms with E-state index in [2.05, 4.69) is 16.7 Å². The van der Waals surface area contributed by atoms with Crippen LogP contribution in [0.15, 0.2) is 24.3 Å². The summed E-state index contributed by atoms with van der Waals surface area (Å²) < 4.78 is 20.3. The number of amides is 2. The van der Waals surface area contributed by atoms with Crippen molar-refractivity contribution in [2.45, 2.75) is 65.5 Å². The van der Waals surface area contributed by atoms with E-state index >= 15 is 0 Å². The number of aromatic nitrogens is 1. The third kappa shape index (κ3) is 5.88. The molecule has 1 aliphatic carbocycles. The Hall–Kier alpha value is -3.67. The van der Waals surface area contributed by atoms with E-state index in [0.717, 1.165) is 49.1 Å². The van der Waals surface area contributed by atoms with Crippen LogP contribution in [0.1, 0.15) is 72.8 Å². The summed E-state index contributed by atoms with van der Waals surface area (Å²) in [6.07, 6.45) is 4.13. The number of hydrogen-bond donors (Lipinski definition) is 2. The molecule has 1 aromatic heterocycles. The molecule has 2 N–H and O–H groups in total. The van der Waals surface area contributed by atoms with Gasteiger partial charge < -0.3 is 19.9 Å². The number of benzene rings is 1. The van der Waals surface area contributed by atoms with Crippen molar-refractivity contribution >= 4 is 23.6 Å². The molecule has 0 spiro atoms. The van der Waals surface area contributed by atoms with Crippen LogP contribution in [0.3, 0.4) is 0 Å². The molecule has 8 nitrogen and oxygen atoms in total. The second-order valence-electron chi connectivity index (χ2n) is 9.21. The zero-order valence-electron chi connectivity index (χ0n) is 20.5. The molecule has 9 heteroatoms. The Morgan fingerprint density at radius 1 is 1.17 bits per heavy atom.